The highest BCUT2D eigenvalue weighted by atomic mass is 32.1. The molecule has 11 aromatic rings. The van der Waals surface area contributed by atoms with Gasteiger partial charge in [-0.1, -0.05) is 78.9 Å². The van der Waals surface area contributed by atoms with Crippen molar-refractivity contribution in [2.75, 3.05) is 0 Å². The lowest BCUT2D eigenvalue weighted by Crippen LogP contribution is -1.97. The first kappa shape index (κ1) is 33.5. The van der Waals surface area contributed by atoms with E-state index in [4.69, 9.17) is 9.97 Å². The van der Waals surface area contributed by atoms with Crippen molar-refractivity contribution in [1.29, 1.82) is 0 Å². The zero-order chi connectivity index (χ0) is 37.9. The van der Waals surface area contributed by atoms with Gasteiger partial charge in [0.25, 0.3) is 0 Å². The minimum absolute atomic E-state index is 0.290. The van der Waals surface area contributed by atoms with Gasteiger partial charge >= 0.3 is 0 Å². The number of thiophene rings is 2. The molecule has 57 heavy (non-hydrogen) atoms. The summed E-state index contributed by atoms with van der Waals surface area (Å²) in [5.74, 6) is 0.302. The SMILES string of the molecule is Fc1ccc(-c2cc(-c3cc(-c4ccc5sc6ccccc6c5c4)cc(-c4ccc5sc6ccccc6c5c4)c3)nc(-c3ccc(-c4cccnc4)cc3)n2)cc1. The Morgan fingerprint density at radius 3 is 1.46 bits per heavy atom. The number of halogens is 1. The van der Waals surface area contributed by atoms with Crippen LogP contribution in [0, 0.1) is 5.82 Å². The smallest absolute Gasteiger partial charge is 0.160 e. The van der Waals surface area contributed by atoms with E-state index in [1.807, 2.05) is 47.1 Å². The van der Waals surface area contributed by atoms with E-state index in [-0.39, 0.29) is 5.82 Å². The molecule has 4 aromatic heterocycles. The molecular formula is C51H30FN3S2. The third-order valence-electron chi connectivity index (χ3n) is 10.7. The predicted molar refractivity (Wildman–Crippen MR) is 238 cm³/mol. The quantitative estimate of drug-likeness (QED) is 0.169. The van der Waals surface area contributed by atoms with E-state index >= 15 is 0 Å². The highest BCUT2D eigenvalue weighted by Gasteiger charge is 2.16. The van der Waals surface area contributed by atoms with Gasteiger partial charge in [-0.05, 0) is 124 Å². The Labute approximate surface area is 336 Å². The summed E-state index contributed by atoms with van der Waals surface area (Å²) in [4.78, 5) is 14.6. The minimum Gasteiger partial charge on any atom is -0.264 e. The number of rotatable bonds is 6. The van der Waals surface area contributed by atoms with Crippen LogP contribution in [0.1, 0.15) is 0 Å². The lowest BCUT2D eigenvalue weighted by molar-refractivity contribution is 0.628. The van der Waals surface area contributed by atoms with Crippen LogP contribution in [0.4, 0.5) is 4.39 Å². The molecule has 6 heteroatoms. The van der Waals surface area contributed by atoms with Crippen molar-refractivity contribution in [2.24, 2.45) is 0 Å². The van der Waals surface area contributed by atoms with Gasteiger partial charge in [0.2, 0.25) is 0 Å². The largest absolute Gasteiger partial charge is 0.264 e. The summed E-state index contributed by atoms with van der Waals surface area (Å²) in [6, 6.07) is 58.4. The topological polar surface area (TPSA) is 38.7 Å². The molecule has 0 fully saturated rings. The summed E-state index contributed by atoms with van der Waals surface area (Å²) in [6.07, 6.45) is 3.64. The van der Waals surface area contributed by atoms with Crippen LogP contribution in [-0.4, -0.2) is 15.0 Å². The molecule has 11 rings (SSSR count). The van der Waals surface area contributed by atoms with E-state index in [1.54, 1.807) is 18.3 Å². The van der Waals surface area contributed by atoms with E-state index < -0.39 is 0 Å². The van der Waals surface area contributed by atoms with Crippen LogP contribution in [0.3, 0.4) is 0 Å². The monoisotopic (exact) mass is 767 g/mol. The Hall–Kier alpha value is -6.86. The highest BCUT2D eigenvalue weighted by molar-refractivity contribution is 7.26. The van der Waals surface area contributed by atoms with Gasteiger partial charge in [-0.3, -0.25) is 4.98 Å². The first-order valence-corrected chi connectivity index (χ1v) is 20.4. The third-order valence-corrected chi connectivity index (χ3v) is 13.0. The van der Waals surface area contributed by atoms with Crippen LogP contribution in [0.25, 0.3) is 108 Å². The van der Waals surface area contributed by atoms with Crippen LogP contribution in [0.5, 0.6) is 0 Å². The van der Waals surface area contributed by atoms with Crippen molar-refractivity contribution in [3.05, 3.63) is 188 Å². The zero-order valence-electron chi connectivity index (χ0n) is 30.4. The Morgan fingerprint density at radius 1 is 0.351 bits per heavy atom. The van der Waals surface area contributed by atoms with Crippen molar-refractivity contribution >= 4 is 63.0 Å². The van der Waals surface area contributed by atoms with Crippen molar-refractivity contribution < 1.29 is 4.39 Å². The van der Waals surface area contributed by atoms with Crippen LogP contribution >= 0.6 is 22.7 Å². The molecule has 0 aliphatic carbocycles. The molecule has 0 saturated carbocycles. The van der Waals surface area contributed by atoms with Crippen LogP contribution in [-0.2, 0) is 0 Å². The second-order valence-corrected chi connectivity index (χ2v) is 16.4. The van der Waals surface area contributed by atoms with Gasteiger partial charge in [0.1, 0.15) is 5.82 Å². The molecule has 3 nitrogen and oxygen atoms in total. The molecule has 0 aliphatic rings. The van der Waals surface area contributed by atoms with E-state index in [1.165, 1.54) is 52.5 Å². The number of hydrogen-bond acceptors (Lipinski definition) is 5. The van der Waals surface area contributed by atoms with Crippen LogP contribution in [0.2, 0.25) is 0 Å². The van der Waals surface area contributed by atoms with Crippen molar-refractivity contribution in [3.8, 4) is 67.3 Å². The number of benzene rings is 7. The summed E-state index contributed by atoms with van der Waals surface area (Å²) < 4.78 is 19.3. The van der Waals surface area contributed by atoms with Gasteiger partial charge in [0.15, 0.2) is 5.82 Å². The molecule has 0 bridgehead atoms. The Kier molecular flexibility index (Phi) is 8.05. The van der Waals surface area contributed by atoms with Crippen LogP contribution in [0.15, 0.2) is 182 Å². The van der Waals surface area contributed by atoms with Gasteiger partial charge in [0, 0.05) is 69.4 Å². The van der Waals surface area contributed by atoms with E-state index in [2.05, 4.69) is 132 Å². The van der Waals surface area contributed by atoms with Crippen molar-refractivity contribution in [2.45, 2.75) is 0 Å². The van der Waals surface area contributed by atoms with Gasteiger partial charge < -0.3 is 0 Å². The molecule has 7 aromatic carbocycles. The van der Waals surface area contributed by atoms with Crippen LogP contribution < -0.4 is 0 Å². The van der Waals surface area contributed by atoms with Crippen molar-refractivity contribution in [1.82, 2.24) is 15.0 Å². The summed E-state index contributed by atoms with van der Waals surface area (Å²) in [6.45, 7) is 0. The molecule has 0 radical (unpaired) electrons. The molecule has 4 heterocycles. The molecule has 0 unspecified atom stereocenters. The number of nitrogens with zero attached hydrogens (tertiary/aromatic N) is 3. The van der Waals surface area contributed by atoms with E-state index in [0.717, 1.165) is 61.5 Å². The molecule has 0 atom stereocenters. The third kappa shape index (κ3) is 6.16. The molecule has 0 aliphatic heterocycles. The van der Waals surface area contributed by atoms with Gasteiger partial charge in [-0.15, -0.1) is 22.7 Å². The minimum atomic E-state index is -0.290. The van der Waals surface area contributed by atoms with Gasteiger partial charge in [0.05, 0.1) is 11.4 Å². The summed E-state index contributed by atoms with van der Waals surface area (Å²) in [5.41, 5.74) is 10.7. The maximum Gasteiger partial charge on any atom is 0.160 e. The molecule has 0 amide bonds. The maximum absolute atomic E-state index is 14.2. The highest BCUT2D eigenvalue weighted by Crippen LogP contribution is 2.41. The standard InChI is InChI=1S/C51H30FN3S2/c52-40-19-15-32(16-20-40)45-29-46(55-51(54-45)33-13-11-31(12-14-33)36-6-5-23-53-30-36)39-25-37(34-17-21-49-43(27-34)41-7-1-3-9-47(41)56-49)24-38(26-39)35-18-22-50-44(28-35)42-8-2-4-10-48(42)57-50/h1-30H. The zero-order valence-corrected chi connectivity index (χ0v) is 32.0. The molecule has 0 N–H and O–H groups in total. The summed E-state index contributed by atoms with van der Waals surface area (Å²) in [5, 5.41) is 5.04. The molecule has 0 spiro atoms. The maximum atomic E-state index is 14.2. The summed E-state index contributed by atoms with van der Waals surface area (Å²) >= 11 is 3.65. The Balaban J connectivity index is 1.12. The second-order valence-electron chi connectivity index (χ2n) is 14.2. The number of hydrogen-bond donors (Lipinski definition) is 0. The fourth-order valence-electron chi connectivity index (χ4n) is 7.76. The molecule has 268 valence electrons. The Morgan fingerprint density at radius 2 is 0.860 bits per heavy atom. The van der Waals surface area contributed by atoms with Gasteiger partial charge in [-0.2, -0.15) is 0 Å². The lowest BCUT2D eigenvalue weighted by Gasteiger charge is -2.14. The molecule has 0 saturated heterocycles. The van der Waals surface area contributed by atoms with E-state index in [9.17, 15) is 4.39 Å². The van der Waals surface area contributed by atoms with Crippen molar-refractivity contribution in [3.63, 3.8) is 0 Å². The first-order valence-electron chi connectivity index (χ1n) is 18.7. The fraction of sp³-hybridized carbons (Fsp3) is 0. The lowest BCUT2D eigenvalue weighted by atomic mass is 9.93. The first-order chi connectivity index (χ1) is 28.1. The average Bonchev–Trinajstić information content (AvgIpc) is 3.84. The normalized spacial score (nSPS) is 11.6. The second kappa shape index (κ2) is 13.7. The van der Waals surface area contributed by atoms with Gasteiger partial charge in [-0.25, -0.2) is 14.4 Å². The predicted octanol–water partition coefficient (Wildman–Crippen LogP) is 14.7. The number of pyridine rings is 1. The fourth-order valence-corrected chi connectivity index (χ4v) is 9.93. The summed E-state index contributed by atoms with van der Waals surface area (Å²) in [7, 11) is 0. The average molecular weight is 768 g/mol. The van der Waals surface area contributed by atoms with E-state index in [0.29, 0.717) is 5.82 Å². The Bertz CT molecular complexity index is 3160. The molecular weight excluding hydrogens is 738 g/mol. The number of fused-ring (bicyclic) bond motifs is 6. The number of aromatic nitrogens is 3.